The monoisotopic (exact) mass is 334 g/mol. The first kappa shape index (κ1) is 17.5. The lowest BCUT2D eigenvalue weighted by molar-refractivity contribution is -0.122. The molecule has 0 aliphatic heterocycles. The van der Waals surface area contributed by atoms with E-state index < -0.39 is 17.8 Å². The summed E-state index contributed by atoms with van der Waals surface area (Å²) in [6, 6.07) is 6.60. The predicted molar refractivity (Wildman–Crippen MR) is 84.9 cm³/mol. The summed E-state index contributed by atoms with van der Waals surface area (Å²) in [5.41, 5.74) is 0.694. The maximum atomic E-state index is 13.1. The van der Waals surface area contributed by atoms with Crippen LogP contribution in [0.2, 0.25) is 0 Å². The maximum Gasteiger partial charge on any atom is 0.272 e. The highest BCUT2D eigenvalue weighted by Gasteiger charge is 2.18. The molecule has 0 fully saturated rings. The van der Waals surface area contributed by atoms with Crippen LogP contribution in [0, 0.1) is 5.82 Å². The van der Waals surface area contributed by atoms with E-state index >= 15 is 0 Å². The van der Waals surface area contributed by atoms with Crippen LogP contribution in [0.25, 0.3) is 0 Å². The van der Waals surface area contributed by atoms with Gasteiger partial charge in [-0.2, -0.15) is 5.10 Å². The number of aromatic amines is 1. The van der Waals surface area contributed by atoms with Crippen molar-refractivity contribution < 1.29 is 18.7 Å². The van der Waals surface area contributed by atoms with Gasteiger partial charge in [0.15, 0.2) is 0 Å². The highest BCUT2D eigenvalue weighted by molar-refractivity contribution is 5.95. The number of carbonyl (C=O) groups excluding carboxylic acids is 2. The number of halogens is 1. The van der Waals surface area contributed by atoms with Crippen molar-refractivity contribution in [1.29, 1.82) is 0 Å². The molecule has 0 bridgehead atoms. The molecule has 1 atom stereocenters. The summed E-state index contributed by atoms with van der Waals surface area (Å²) in [6.07, 6.45) is 0. The molecule has 0 radical (unpaired) electrons. The molecular formula is C16H19FN4O3. The molecule has 3 N–H and O–H groups in total. The minimum Gasteiger partial charge on any atom is -0.487 e. The molecule has 1 aromatic carbocycles. The van der Waals surface area contributed by atoms with Gasteiger partial charge < -0.3 is 15.4 Å². The summed E-state index contributed by atoms with van der Waals surface area (Å²) in [7, 11) is 0. The lowest BCUT2D eigenvalue weighted by Gasteiger charge is -2.11. The fourth-order valence-corrected chi connectivity index (χ4v) is 1.93. The molecule has 7 nitrogen and oxygen atoms in total. The third-order valence-electron chi connectivity index (χ3n) is 3.15. The van der Waals surface area contributed by atoms with Crippen LogP contribution in [0.1, 0.15) is 30.0 Å². The number of likely N-dealkylation sites (N-methyl/N-ethyl adjacent to an activating group) is 1. The zero-order valence-corrected chi connectivity index (χ0v) is 13.4. The molecule has 0 aliphatic carbocycles. The highest BCUT2D eigenvalue weighted by Crippen LogP contribution is 2.13. The zero-order chi connectivity index (χ0) is 17.5. The van der Waals surface area contributed by atoms with Gasteiger partial charge in [-0.15, -0.1) is 0 Å². The van der Waals surface area contributed by atoms with Crippen LogP contribution in [-0.2, 0) is 11.4 Å². The Labute approximate surface area is 138 Å². The van der Waals surface area contributed by atoms with E-state index in [1.807, 2.05) is 0 Å². The number of hydrogen-bond acceptors (Lipinski definition) is 4. The van der Waals surface area contributed by atoms with Gasteiger partial charge >= 0.3 is 0 Å². The molecule has 0 saturated carbocycles. The molecule has 1 heterocycles. The molecule has 0 spiro atoms. The topological polar surface area (TPSA) is 96.1 Å². The molecule has 2 amide bonds. The summed E-state index contributed by atoms with van der Waals surface area (Å²) >= 11 is 0. The van der Waals surface area contributed by atoms with Gasteiger partial charge in [-0.1, -0.05) is 6.07 Å². The van der Waals surface area contributed by atoms with E-state index in [4.69, 9.17) is 4.74 Å². The number of carbonyl (C=O) groups is 2. The van der Waals surface area contributed by atoms with Crippen molar-refractivity contribution in [2.75, 3.05) is 6.54 Å². The van der Waals surface area contributed by atoms with Crippen LogP contribution < -0.4 is 15.4 Å². The number of amides is 2. The van der Waals surface area contributed by atoms with Crippen LogP contribution in [0.4, 0.5) is 4.39 Å². The first-order valence-corrected chi connectivity index (χ1v) is 7.50. The fraction of sp³-hybridized carbons (Fsp3) is 0.312. The van der Waals surface area contributed by atoms with Gasteiger partial charge in [-0.25, -0.2) is 4.39 Å². The third-order valence-corrected chi connectivity index (χ3v) is 3.15. The van der Waals surface area contributed by atoms with Crippen molar-refractivity contribution in [3.8, 4) is 5.75 Å². The Morgan fingerprint density at radius 2 is 2.17 bits per heavy atom. The quantitative estimate of drug-likeness (QED) is 0.713. The standard InChI is InChI=1S/C16H19FN4O3/c1-3-18-15(22)10(2)19-16(23)14-8-12(20-21-14)9-24-13-6-4-5-11(17)7-13/h4-8,10H,3,9H2,1-2H3,(H,18,22)(H,19,23)(H,20,21)/t10-/m1/s1. The van der Waals surface area contributed by atoms with E-state index in [9.17, 15) is 14.0 Å². The lowest BCUT2D eigenvalue weighted by atomic mass is 10.2. The van der Waals surface area contributed by atoms with Crippen LogP contribution >= 0.6 is 0 Å². The van der Waals surface area contributed by atoms with Crippen LogP contribution in [0.3, 0.4) is 0 Å². The molecule has 128 valence electrons. The second-order valence-corrected chi connectivity index (χ2v) is 5.11. The number of rotatable bonds is 7. The Bertz CT molecular complexity index is 717. The van der Waals surface area contributed by atoms with Crippen LogP contribution in [0.15, 0.2) is 30.3 Å². The number of hydrogen-bond donors (Lipinski definition) is 3. The van der Waals surface area contributed by atoms with Gasteiger partial charge in [0.2, 0.25) is 5.91 Å². The predicted octanol–water partition coefficient (Wildman–Crippen LogP) is 1.38. The van der Waals surface area contributed by atoms with Crippen molar-refractivity contribution in [2.45, 2.75) is 26.5 Å². The van der Waals surface area contributed by atoms with E-state index in [2.05, 4.69) is 20.8 Å². The highest BCUT2D eigenvalue weighted by atomic mass is 19.1. The van der Waals surface area contributed by atoms with E-state index in [1.165, 1.54) is 18.2 Å². The van der Waals surface area contributed by atoms with E-state index in [0.29, 0.717) is 18.0 Å². The third kappa shape index (κ3) is 4.80. The summed E-state index contributed by atoms with van der Waals surface area (Å²) in [6.45, 7) is 3.98. The average Bonchev–Trinajstić information content (AvgIpc) is 3.02. The van der Waals surface area contributed by atoms with Gasteiger partial charge in [0.25, 0.3) is 5.91 Å². The molecule has 2 rings (SSSR count). The molecule has 24 heavy (non-hydrogen) atoms. The van der Waals surface area contributed by atoms with E-state index in [1.54, 1.807) is 26.0 Å². The second-order valence-electron chi connectivity index (χ2n) is 5.11. The zero-order valence-electron chi connectivity index (χ0n) is 13.4. The minimum absolute atomic E-state index is 0.107. The molecular weight excluding hydrogens is 315 g/mol. The second kappa shape index (κ2) is 8.09. The Balaban J connectivity index is 1.90. The van der Waals surface area contributed by atoms with Gasteiger partial charge in [-0.3, -0.25) is 14.7 Å². The average molecular weight is 334 g/mol. The smallest absolute Gasteiger partial charge is 0.272 e. The summed E-state index contributed by atoms with van der Waals surface area (Å²) in [5.74, 6) is -0.755. The molecule has 0 unspecified atom stereocenters. The maximum absolute atomic E-state index is 13.1. The van der Waals surface area contributed by atoms with Gasteiger partial charge in [-0.05, 0) is 32.0 Å². The Kier molecular flexibility index (Phi) is 5.89. The first-order chi connectivity index (χ1) is 11.5. The number of ether oxygens (including phenoxy) is 1. The number of benzene rings is 1. The molecule has 0 aliphatic rings. The van der Waals surface area contributed by atoms with Gasteiger partial charge in [0.1, 0.15) is 29.9 Å². The Hall–Kier alpha value is -2.90. The first-order valence-electron chi connectivity index (χ1n) is 7.50. The SMILES string of the molecule is CCNC(=O)[C@@H](C)NC(=O)c1cc(COc2cccc(F)c2)[nH]n1. The molecule has 8 heteroatoms. The summed E-state index contributed by atoms with van der Waals surface area (Å²) in [4.78, 5) is 23.6. The van der Waals surface area contributed by atoms with Crippen molar-refractivity contribution in [1.82, 2.24) is 20.8 Å². The fourth-order valence-electron chi connectivity index (χ4n) is 1.93. The number of H-pyrrole nitrogens is 1. The Morgan fingerprint density at radius 1 is 1.38 bits per heavy atom. The minimum atomic E-state index is -0.666. The van der Waals surface area contributed by atoms with Crippen molar-refractivity contribution in [3.05, 3.63) is 47.5 Å². The van der Waals surface area contributed by atoms with E-state index in [-0.39, 0.29) is 18.2 Å². The Morgan fingerprint density at radius 3 is 2.88 bits per heavy atom. The van der Waals surface area contributed by atoms with Crippen LogP contribution in [0.5, 0.6) is 5.75 Å². The van der Waals surface area contributed by atoms with E-state index in [0.717, 1.165) is 0 Å². The lowest BCUT2D eigenvalue weighted by Crippen LogP contribution is -2.44. The molecule has 1 aromatic heterocycles. The largest absolute Gasteiger partial charge is 0.487 e. The summed E-state index contributed by atoms with van der Waals surface area (Å²) < 4.78 is 18.5. The number of nitrogens with one attached hydrogen (secondary N) is 3. The molecule has 2 aromatic rings. The normalized spacial score (nSPS) is 11.6. The van der Waals surface area contributed by atoms with Gasteiger partial charge in [0, 0.05) is 12.6 Å². The van der Waals surface area contributed by atoms with Gasteiger partial charge in [0.05, 0.1) is 5.69 Å². The van der Waals surface area contributed by atoms with Crippen molar-refractivity contribution in [3.63, 3.8) is 0 Å². The van der Waals surface area contributed by atoms with Crippen molar-refractivity contribution in [2.24, 2.45) is 0 Å². The number of nitrogens with zero attached hydrogens (tertiary/aromatic N) is 1. The number of aromatic nitrogens is 2. The summed E-state index contributed by atoms with van der Waals surface area (Å²) in [5, 5.41) is 11.7. The molecule has 0 saturated heterocycles. The van der Waals surface area contributed by atoms with Crippen LogP contribution in [-0.4, -0.2) is 34.6 Å². The van der Waals surface area contributed by atoms with Crippen molar-refractivity contribution >= 4 is 11.8 Å².